The first-order valence-electron chi connectivity index (χ1n) is 4.01. The number of carboxylic acid groups (broad SMARTS) is 1. The normalized spacial score (nSPS) is 17.4. The molecule has 0 aromatic rings. The number of carbonyl (C=O) groups is 2. The van der Waals surface area contributed by atoms with Crippen LogP contribution in [0.25, 0.3) is 0 Å². The van der Waals surface area contributed by atoms with Crippen LogP contribution in [-0.4, -0.2) is 46.3 Å². The summed E-state index contributed by atoms with van der Waals surface area (Å²) in [5.74, 6) is -4.95. The lowest BCUT2D eigenvalue weighted by Gasteiger charge is -2.29. The van der Waals surface area contributed by atoms with Crippen LogP contribution in [0.5, 0.6) is 0 Å². The lowest BCUT2D eigenvalue weighted by atomic mass is 9.97. The van der Waals surface area contributed by atoms with Crippen LogP contribution in [0.2, 0.25) is 0 Å². The maximum Gasteiger partial charge on any atom is 0.471 e. The van der Waals surface area contributed by atoms with Crippen molar-refractivity contribution >= 4 is 11.9 Å². The lowest BCUT2D eigenvalue weighted by molar-refractivity contribution is -0.182. The minimum Gasteiger partial charge on any atom is -0.480 e. The number of carbonyl (C=O) groups excluding carboxylic acids is 1. The minimum atomic E-state index is -5.44. The molecule has 0 aliphatic carbocycles. The van der Waals surface area contributed by atoms with E-state index < -0.39 is 36.1 Å². The van der Waals surface area contributed by atoms with Crippen molar-refractivity contribution in [2.24, 2.45) is 0 Å². The van der Waals surface area contributed by atoms with Gasteiger partial charge in [0, 0.05) is 0 Å². The van der Waals surface area contributed by atoms with Crippen molar-refractivity contribution in [2.45, 2.75) is 31.2 Å². The first kappa shape index (κ1) is 15.6. The van der Waals surface area contributed by atoms with E-state index in [-0.39, 0.29) is 0 Å². The summed E-state index contributed by atoms with van der Waals surface area (Å²) < 4.78 is 59.8. The van der Waals surface area contributed by atoms with Crippen molar-refractivity contribution in [1.82, 2.24) is 5.32 Å². The number of halogens is 5. The van der Waals surface area contributed by atoms with Gasteiger partial charge in [0.2, 0.25) is 0 Å². The zero-order valence-electron chi connectivity index (χ0n) is 8.26. The van der Waals surface area contributed by atoms with Gasteiger partial charge in [0.25, 0.3) is 6.43 Å². The molecular weight excluding hydrogens is 257 g/mol. The van der Waals surface area contributed by atoms with Gasteiger partial charge in [-0.3, -0.25) is 4.79 Å². The SMILES string of the molecule is CC(O)(C(F)F)C(NC(=O)C(F)(F)F)C(=O)O. The standard InChI is InChI=1S/C7H8F5NO4/c1-6(17,4(8)9)2(3(14)15)13-5(16)7(10,11)12/h2,4,17H,1H3,(H,13,16)(H,14,15). The van der Waals surface area contributed by atoms with Crippen LogP contribution >= 0.6 is 0 Å². The Hall–Kier alpha value is -1.45. The Labute approximate surface area is 91.2 Å². The van der Waals surface area contributed by atoms with E-state index in [1.54, 1.807) is 0 Å². The van der Waals surface area contributed by atoms with Crippen molar-refractivity contribution < 1.29 is 41.8 Å². The topological polar surface area (TPSA) is 86.6 Å². The fraction of sp³-hybridized carbons (Fsp3) is 0.714. The van der Waals surface area contributed by atoms with E-state index in [1.807, 2.05) is 0 Å². The number of carboxylic acids is 1. The average molecular weight is 265 g/mol. The predicted octanol–water partition coefficient (Wildman–Crippen LogP) is 0.134. The third-order valence-electron chi connectivity index (χ3n) is 1.81. The highest BCUT2D eigenvalue weighted by molar-refractivity contribution is 5.87. The number of hydrogen-bond acceptors (Lipinski definition) is 3. The van der Waals surface area contributed by atoms with Gasteiger partial charge in [-0.05, 0) is 6.92 Å². The molecule has 0 rings (SSSR count). The van der Waals surface area contributed by atoms with Crippen molar-refractivity contribution in [2.75, 3.05) is 0 Å². The molecule has 0 spiro atoms. The highest BCUT2D eigenvalue weighted by Crippen LogP contribution is 2.22. The number of rotatable bonds is 4. The Morgan fingerprint density at radius 3 is 1.88 bits per heavy atom. The summed E-state index contributed by atoms with van der Waals surface area (Å²) in [5, 5.41) is 18.2. The average Bonchev–Trinajstić information content (AvgIpc) is 2.10. The summed E-state index contributed by atoms with van der Waals surface area (Å²) in [7, 11) is 0. The van der Waals surface area contributed by atoms with Gasteiger partial charge >= 0.3 is 18.1 Å². The van der Waals surface area contributed by atoms with Gasteiger partial charge in [-0.15, -0.1) is 0 Å². The molecule has 0 aliphatic rings. The molecule has 1 amide bonds. The van der Waals surface area contributed by atoms with E-state index in [9.17, 15) is 31.5 Å². The van der Waals surface area contributed by atoms with E-state index in [4.69, 9.17) is 10.2 Å². The van der Waals surface area contributed by atoms with E-state index in [0.717, 1.165) is 5.32 Å². The number of alkyl halides is 5. The Kier molecular flexibility index (Phi) is 4.41. The van der Waals surface area contributed by atoms with Crippen LogP contribution in [0.3, 0.4) is 0 Å². The summed E-state index contributed by atoms with van der Waals surface area (Å²) in [6, 6.07) is -2.78. The smallest absolute Gasteiger partial charge is 0.471 e. The van der Waals surface area contributed by atoms with Gasteiger partial charge < -0.3 is 15.5 Å². The zero-order valence-corrected chi connectivity index (χ0v) is 8.26. The molecule has 17 heavy (non-hydrogen) atoms. The summed E-state index contributed by atoms with van der Waals surface area (Å²) >= 11 is 0. The molecule has 0 bridgehead atoms. The van der Waals surface area contributed by atoms with Crippen LogP contribution in [0.1, 0.15) is 6.92 Å². The molecule has 0 aliphatic heterocycles. The number of amides is 1. The van der Waals surface area contributed by atoms with Crippen molar-refractivity contribution in [3.05, 3.63) is 0 Å². The summed E-state index contributed by atoms with van der Waals surface area (Å²) in [6.45, 7) is 0.299. The van der Waals surface area contributed by atoms with E-state index in [2.05, 4.69) is 0 Å². The van der Waals surface area contributed by atoms with E-state index >= 15 is 0 Å². The molecule has 0 radical (unpaired) electrons. The van der Waals surface area contributed by atoms with Gasteiger partial charge in [0.15, 0.2) is 11.6 Å². The fourth-order valence-electron chi connectivity index (χ4n) is 0.797. The molecule has 2 unspecified atom stereocenters. The Balaban J connectivity index is 5.04. The second-order valence-corrected chi connectivity index (χ2v) is 3.27. The molecule has 2 atom stereocenters. The van der Waals surface area contributed by atoms with Crippen molar-refractivity contribution in [3.63, 3.8) is 0 Å². The van der Waals surface area contributed by atoms with Gasteiger partial charge in [0.05, 0.1) is 0 Å². The highest BCUT2D eigenvalue weighted by atomic mass is 19.4. The molecule has 0 saturated heterocycles. The minimum absolute atomic E-state index is 0.299. The van der Waals surface area contributed by atoms with Crippen molar-refractivity contribution in [3.8, 4) is 0 Å². The second kappa shape index (κ2) is 4.82. The largest absolute Gasteiger partial charge is 0.480 e. The molecular formula is C7H8F5NO4. The first-order chi connectivity index (χ1) is 7.40. The van der Waals surface area contributed by atoms with E-state index in [1.165, 1.54) is 0 Å². The molecule has 0 heterocycles. The molecule has 100 valence electrons. The second-order valence-electron chi connectivity index (χ2n) is 3.27. The molecule has 5 nitrogen and oxygen atoms in total. The Bertz CT molecular complexity index is 314. The Morgan fingerprint density at radius 2 is 1.65 bits per heavy atom. The molecule has 0 aromatic heterocycles. The van der Waals surface area contributed by atoms with Gasteiger partial charge in [-0.1, -0.05) is 0 Å². The van der Waals surface area contributed by atoms with Crippen LogP contribution in [0, 0.1) is 0 Å². The van der Waals surface area contributed by atoms with E-state index in [0.29, 0.717) is 6.92 Å². The van der Waals surface area contributed by atoms with Crippen LogP contribution in [0.4, 0.5) is 22.0 Å². The number of aliphatic hydroxyl groups is 1. The molecule has 0 fully saturated rings. The maximum atomic E-state index is 12.2. The monoisotopic (exact) mass is 265 g/mol. The highest BCUT2D eigenvalue weighted by Gasteiger charge is 2.50. The van der Waals surface area contributed by atoms with Crippen LogP contribution in [-0.2, 0) is 9.59 Å². The van der Waals surface area contributed by atoms with Gasteiger partial charge in [-0.2, -0.15) is 13.2 Å². The fourth-order valence-corrected chi connectivity index (χ4v) is 0.797. The van der Waals surface area contributed by atoms with Crippen molar-refractivity contribution in [1.29, 1.82) is 0 Å². The molecule has 0 saturated carbocycles. The third-order valence-corrected chi connectivity index (χ3v) is 1.81. The maximum absolute atomic E-state index is 12.2. The van der Waals surface area contributed by atoms with Gasteiger partial charge in [0.1, 0.15) is 0 Å². The molecule has 3 N–H and O–H groups in total. The quantitative estimate of drug-likeness (QED) is 0.631. The summed E-state index contributed by atoms with van der Waals surface area (Å²) in [4.78, 5) is 20.8. The molecule has 0 aromatic carbocycles. The third kappa shape index (κ3) is 3.80. The number of aliphatic carboxylic acids is 1. The summed E-state index contributed by atoms with van der Waals surface area (Å²) in [5.41, 5.74) is -3.33. The lowest BCUT2D eigenvalue weighted by Crippen LogP contribution is -2.60. The summed E-state index contributed by atoms with van der Waals surface area (Å²) in [6.07, 6.45) is -9.09. The Morgan fingerprint density at radius 1 is 1.24 bits per heavy atom. The van der Waals surface area contributed by atoms with Crippen LogP contribution in [0.15, 0.2) is 0 Å². The molecule has 10 heteroatoms. The zero-order chi connectivity index (χ0) is 14.0. The number of nitrogens with one attached hydrogen (secondary N) is 1. The van der Waals surface area contributed by atoms with Crippen LogP contribution < -0.4 is 5.32 Å². The van der Waals surface area contributed by atoms with Gasteiger partial charge in [-0.25, -0.2) is 13.6 Å². The predicted molar refractivity (Wildman–Crippen MR) is 42.2 cm³/mol. The number of hydrogen-bond donors (Lipinski definition) is 3. The first-order valence-corrected chi connectivity index (χ1v) is 4.01.